The Morgan fingerprint density at radius 2 is 1.40 bits per heavy atom. The van der Waals surface area contributed by atoms with Gasteiger partial charge in [0, 0.05) is 0 Å². The molecule has 0 heterocycles. The Labute approximate surface area is 122 Å². The lowest BCUT2D eigenvalue weighted by Crippen LogP contribution is -2.54. The molecule has 0 radical (unpaired) electrons. The molecule has 4 heteroatoms. The van der Waals surface area contributed by atoms with E-state index in [2.05, 4.69) is 0 Å². The number of carboxylic acids is 2. The van der Waals surface area contributed by atoms with Gasteiger partial charge in [0.05, 0.1) is 10.8 Å². The van der Waals surface area contributed by atoms with Crippen LogP contribution in [-0.4, -0.2) is 22.2 Å². The molecule has 0 saturated heterocycles. The van der Waals surface area contributed by atoms with Crippen LogP contribution >= 0.6 is 0 Å². The van der Waals surface area contributed by atoms with Crippen molar-refractivity contribution in [2.45, 2.75) is 73.1 Å². The fourth-order valence-corrected chi connectivity index (χ4v) is 3.30. The lowest BCUT2D eigenvalue weighted by molar-refractivity contribution is -0.180. The Bertz CT molecular complexity index is 337. The largest absolute Gasteiger partial charge is 0.481 e. The van der Waals surface area contributed by atoms with E-state index in [-0.39, 0.29) is 5.92 Å². The lowest BCUT2D eigenvalue weighted by atomic mass is 9.55. The summed E-state index contributed by atoms with van der Waals surface area (Å²) in [4.78, 5) is 23.9. The van der Waals surface area contributed by atoms with Gasteiger partial charge in [0.2, 0.25) is 0 Å². The summed E-state index contributed by atoms with van der Waals surface area (Å²) in [7, 11) is 0. The van der Waals surface area contributed by atoms with Crippen LogP contribution in [0.15, 0.2) is 0 Å². The highest BCUT2D eigenvalue weighted by atomic mass is 16.4. The molecule has 0 aliphatic heterocycles. The fourth-order valence-electron chi connectivity index (χ4n) is 3.30. The maximum atomic E-state index is 12.0. The topological polar surface area (TPSA) is 74.6 Å². The number of hydrogen-bond acceptors (Lipinski definition) is 2. The zero-order valence-electron chi connectivity index (χ0n) is 13.5. The van der Waals surface area contributed by atoms with Gasteiger partial charge in [-0.1, -0.05) is 53.4 Å². The van der Waals surface area contributed by atoms with Gasteiger partial charge in [0.15, 0.2) is 0 Å². The smallest absolute Gasteiger partial charge is 0.311 e. The third-order valence-electron chi connectivity index (χ3n) is 4.78. The van der Waals surface area contributed by atoms with Gasteiger partial charge in [-0.15, -0.1) is 0 Å². The van der Waals surface area contributed by atoms with E-state index in [4.69, 9.17) is 0 Å². The Balaban J connectivity index is 5.85. The second-order valence-corrected chi connectivity index (χ2v) is 6.28. The molecule has 0 rings (SSSR count). The molecule has 0 aliphatic rings. The number of aliphatic carboxylic acids is 2. The van der Waals surface area contributed by atoms with Crippen LogP contribution in [0.3, 0.4) is 0 Å². The first-order valence-electron chi connectivity index (χ1n) is 7.67. The zero-order chi connectivity index (χ0) is 16.0. The molecule has 118 valence electrons. The molecular formula is C16H30O4. The molecular weight excluding hydrogens is 256 g/mol. The molecule has 20 heavy (non-hydrogen) atoms. The van der Waals surface area contributed by atoms with Crippen LogP contribution in [0.5, 0.6) is 0 Å². The van der Waals surface area contributed by atoms with E-state index in [0.717, 1.165) is 25.7 Å². The fraction of sp³-hybridized carbons (Fsp3) is 0.875. The summed E-state index contributed by atoms with van der Waals surface area (Å²) in [5.74, 6) is -2.18. The van der Waals surface area contributed by atoms with Crippen LogP contribution in [0.2, 0.25) is 0 Å². The standard InChI is InChI=1S/C16H30O4/c1-6-8-10-15(5,13(17)18)16(12(3)4,14(19)20)11-9-7-2/h12H,6-11H2,1-5H3,(H,17,18)(H,19,20). The van der Waals surface area contributed by atoms with Gasteiger partial charge in [-0.2, -0.15) is 0 Å². The van der Waals surface area contributed by atoms with Gasteiger partial charge >= 0.3 is 11.9 Å². The van der Waals surface area contributed by atoms with Crippen LogP contribution in [0.1, 0.15) is 73.1 Å². The highest BCUT2D eigenvalue weighted by molar-refractivity contribution is 5.86. The third-order valence-corrected chi connectivity index (χ3v) is 4.78. The third kappa shape index (κ3) is 3.33. The second kappa shape index (κ2) is 7.65. The van der Waals surface area contributed by atoms with E-state index >= 15 is 0 Å². The minimum atomic E-state index is -1.22. The molecule has 2 atom stereocenters. The summed E-state index contributed by atoms with van der Waals surface area (Å²) >= 11 is 0. The van der Waals surface area contributed by atoms with Gasteiger partial charge in [0.1, 0.15) is 0 Å². The van der Waals surface area contributed by atoms with Crippen molar-refractivity contribution >= 4 is 11.9 Å². The molecule has 2 N–H and O–H groups in total. The molecule has 2 unspecified atom stereocenters. The van der Waals surface area contributed by atoms with Crippen molar-refractivity contribution in [2.75, 3.05) is 0 Å². The van der Waals surface area contributed by atoms with Gasteiger partial charge in [-0.3, -0.25) is 9.59 Å². The molecule has 0 aromatic heterocycles. The minimum absolute atomic E-state index is 0.218. The number of hydrogen-bond donors (Lipinski definition) is 2. The average Bonchev–Trinajstić information content (AvgIpc) is 2.35. The first kappa shape index (κ1) is 18.9. The predicted octanol–water partition coefficient (Wildman–Crippen LogP) is 4.18. The molecule has 0 aromatic carbocycles. The monoisotopic (exact) mass is 286 g/mol. The molecule has 0 aromatic rings. The summed E-state index contributed by atoms with van der Waals surface area (Å²) in [5.41, 5.74) is -2.43. The first-order chi connectivity index (χ1) is 9.20. The Morgan fingerprint density at radius 3 is 1.70 bits per heavy atom. The second-order valence-electron chi connectivity index (χ2n) is 6.28. The van der Waals surface area contributed by atoms with Gasteiger partial charge in [-0.05, 0) is 25.7 Å². The van der Waals surface area contributed by atoms with Crippen LogP contribution in [-0.2, 0) is 9.59 Å². The average molecular weight is 286 g/mol. The van der Waals surface area contributed by atoms with Crippen LogP contribution in [0, 0.1) is 16.7 Å². The molecule has 0 saturated carbocycles. The molecule has 0 fully saturated rings. The van der Waals surface area contributed by atoms with Gasteiger partial charge in [0.25, 0.3) is 0 Å². The van der Waals surface area contributed by atoms with E-state index in [1.807, 2.05) is 27.7 Å². The van der Waals surface area contributed by atoms with Crippen molar-refractivity contribution in [2.24, 2.45) is 16.7 Å². The van der Waals surface area contributed by atoms with E-state index in [9.17, 15) is 19.8 Å². The molecule has 0 bridgehead atoms. The maximum absolute atomic E-state index is 12.0. The van der Waals surface area contributed by atoms with E-state index < -0.39 is 22.8 Å². The zero-order valence-corrected chi connectivity index (χ0v) is 13.5. The summed E-state index contributed by atoms with van der Waals surface area (Å²) in [6.45, 7) is 9.27. The van der Waals surface area contributed by atoms with Crippen molar-refractivity contribution in [3.05, 3.63) is 0 Å². The van der Waals surface area contributed by atoms with E-state index in [1.54, 1.807) is 6.92 Å². The Kier molecular flexibility index (Phi) is 7.25. The Hall–Kier alpha value is -1.06. The minimum Gasteiger partial charge on any atom is -0.481 e. The maximum Gasteiger partial charge on any atom is 0.311 e. The predicted molar refractivity (Wildman–Crippen MR) is 79.7 cm³/mol. The summed E-state index contributed by atoms with van der Waals surface area (Å²) in [5, 5.41) is 19.6. The highest BCUT2D eigenvalue weighted by Gasteiger charge is 2.59. The number of rotatable bonds is 10. The van der Waals surface area contributed by atoms with E-state index in [0.29, 0.717) is 12.8 Å². The number of carbonyl (C=O) groups is 2. The normalized spacial score (nSPS) is 17.5. The van der Waals surface area contributed by atoms with E-state index in [1.165, 1.54) is 0 Å². The highest BCUT2D eigenvalue weighted by Crippen LogP contribution is 2.52. The van der Waals surface area contributed by atoms with Gasteiger partial charge < -0.3 is 10.2 Å². The SMILES string of the molecule is CCCCC(C)(C(=O)O)C(CCCC)(C(=O)O)C(C)C. The molecule has 4 nitrogen and oxygen atoms in total. The van der Waals surface area contributed by atoms with Gasteiger partial charge in [-0.25, -0.2) is 0 Å². The van der Waals surface area contributed by atoms with Crippen LogP contribution in [0.4, 0.5) is 0 Å². The van der Waals surface area contributed by atoms with Crippen molar-refractivity contribution in [3.8, 4) is 0 Å². The number of carboxylic acid groups (broad SMARTS) is 2. The van der Waals surface area contributed by atoms with Crippen LogP contribution in [0.25, 0.3) is 0 Å². The molecule has 0 amide bonds. The number of unbranched alkanes of at least 4 members (excludes halogenated alkanes) is 2. The molecule has 0 aliphatic carbocycles. The molecule has 0 spiro atoms. The lowest BCUT2D eigenvalue weighted by Gasteiger charge is -2.46. The van der Waals surface area contributed by atoms with Crippen molar-refractivity contribution in [1.82, 2.24) is 0 Å². The quantitative estimate of drug-likeness (QED) is 0.631. The summed E-state index contributed by atoms with van der Waals surface area (Å²) in [6.07, 6.45) is 4.03. The summed E-state index contributed by atoms with van der Waals surface area (Å²) in [6, 6.07) is 0. The first-order valence-corrected chi connectivity index (χ1v) is 7.67. The summed E-state index contributed by atoms with van der Waals surface area (Å²) < 4.78 is 0. The van der Waals surface area contributed by atoms with Crippen molar-refractivity contribution < 1.29 is 19.8 Å². The Morgan fingerprint density at radius 1 is 0.950 bits per heavy atom. The van der Waals surface area contributed by atoms with Crippen LogP contribution < -0.4 is 0 Å². The van der Waals surface area contributed by atoms with Crippen molar-refractivity contribution in [3.63, 3.8) is 0 Å². The van der Waals surface area contributed by atoms with Crippen molar-refractivity contribution in [1.29, 1.82) is 0 Å².